The lowest BCUT2D eigenvalue weighted by atomic mass is 9.71. The van der Waals surface area contributed by atoms with Crippen molar-refractivity contribution in [3.63, 3.8) is 0 Å². The van der Waals surface area contributed by atoms with Crippen LogP contribution in [0, 0.1) is 17.8 Å². The highest BCUT2D eigenvalue weighted by Crippen LogP contribution is 2.41. The van der Waals surface area contributed by atoms with E-state index in [0.29, 0.717) is 23.4 Å². The summed E-state index contributed by atoms with van der Waals surface area (Å²) in [7, 11) is 1.35. The van der Waals surface area contributed by atoms with Crippen LogP contribution in [0.5, 0.6) is 0 Å². The Kier molecular flexibility index (Phi) is 12.1. The van der Waals surface area contributed by atoms with Crippen molar-refractivity contribution in [1.29, 1.82) is 0 Å². The summed E-state index contributed by atoms with van der Waals surface area (Å²) in [6, 6.07) is 22.4. The molecule has 4 atom stereocenters. The number of anilines is 1. The highest BCUT2D eigenvalue weighted by atomic mass is 16.6. The van der Waals surface area contributed by atoms with Gasteiger partial charge in [-0.1, -0.05) is 39.0 Å². The Balaban J connectivity index is 1.45. The second kappa shape index (κ2) is 15.5. The van der Waals surface area contributed by atoms with Crippen LogP contribution in [-0.4, -0.2) is 55.0 Å². The smallest absolute Gasteiger partial charge is 0.338 e. The molecule has 3 rings (SSSR count). The van der Waals surface area contributed by atoms with Crippen LogP contribution in [0.3, 0.4) is 0 Å². The molecule has 0 bridgehead atoms. The largest absolute Gasteiger partial charge is 0.460 e. The van der Waals surface area contributed by atoms with Crippen molar-refractivity contribution in [2.24, 2.45) is 21.1 Å². The van der Waals surface area contributed by atoms with Crippen LogP contribution in [-0.2, 0) is 14.2 Å². The molecule has 0 saturated carbocycles. The first kappa shape index (κ1) is 33.5. The van der Waals surface area contributed by atoms with Crippen LogP contribution >= 0.6 is 0 Å². The van der Waals surface area contributed by atoms with Crippen molar-refractivity contribution in [1.82, 2.24) is 0 Å². The molecular weight excluding hydrogens is 550 g/mol. The highest BCUT2D eigenvalue weighted by molar-refractivity contribution is 6.04. The SMILES string of the molecule is [CH]C(C)(CC(C)(CC)C(O)OCCOC(=O)c1ccc(C(=O)Nc2ccc(N=Nc3ccccc3)cc2)cc1)C(O)OC. The highest BCUT2D eigenvalue weighted by Gasteiger charge is 2.41. The van der Waals surface area contributed by atoms with Crippen LogP contribution in [0.2, 0.25) is 0 Å². The van der Waals surface area contributed by atoms with Gasteiger partial charge < -0.3 is 29.7 Å². The van der Waals surface area contributed by atoms with Crippen LogP contribution in [0.4, 0.5) is 17.1 Å². The number of methoxy groups -OCH3 is 1. The first-order valence-corrected chi connectivity index (χ1v) is 13.9. The number of carbonyl (C=O) groups excluding carboxylic acids is 2. The summed E-state index contributed by atoms with van der Waals surface area (Å²) < 4.78 is 15.7. The molecular formula is C33H39N3O7. The molecule has 43 heavy (non-hydrogen) atoms. The minimum Gasteiger partial charge on any atom is -0.460 e. The Hall–Kier alpha value is -3.96. The fourth-order valence-electron chi connectivity index (χ4n) is 4.37. The van der Waals surface area contributed by atoms with E-state index in [2.05, 4.69) is 15.5 Å². The number of hydrogen-bond donors (Lipinski definition) is 3. The minimum atomic E-state index is -1.21. The molecule has 3 aromatic rings. The molecule has 4 unspecified atom stereocenters. The van der Waals surface area contributed by atoms with Gasteiger partial charge in [-0.15, -0.1) is 0 Å². The van der Waals surface area contributed by atoms with Crippen molar-refractivity contribution in [2.45, 2.75) is 46.2 Å². The van der Waals surface area contributed by atoms with E-state index < -0.39 is 29.4 Å². The van der Waals surface area contributed by atoms with Crippen LogP contribution in [0.25, 0.3) is 0 Å². The third-order valence-corrected chi connectivity index (χ3v) is 7.11. The maximum Gasteiger partial charge on any atom is 0.338 e. The van der Waals surface area contributed by atoms with Gasteiger partial charge in [0.2, 0.25) is 0 Å². The summed E-state index contributed by atoms with van der Waals surface area (Å²) >= 11 is 0. The Bertz CT molecular complexity index is 1350. The fraction of sp³-hybridized carbons (Fsp3) is 0.364. The summed E-state index contributed by atoms with van der Waals surface area (Å²) in [6.07, 6.45) is -1.68. The number of azo groups is 1. The summed E-state index contributed by atoms with van der Waals surface area (Å²) in [5.74, 6) is -0.937. The lowest BCUT2D eigenvalue weighted by Gasteiger charge is -2.41. The van der Waals surface area contributed by atoms with E-state index in [0.717, 1.165) is 5.69 Å². The Labute approximate surface area is 252 Å². The van der Waals surface area contributed by atoms with Gasteiger partial charge in [-0.2, -0.15) is 10.2 Å². The number of rotatable bonds is 15. The second-order valence-electron chi connectivity index (χ2n) is 10.8. The van der Waals surface area contributed by atoms with Crippen molar-refractivity contribution in [2.75, 3.05) is 25.6 Å². The topological polar surface area (TPSA) is 139 Å². The molecule has 0 fully saturated rings. The summed E-state index contributed by atoms with van der Waals surface area (Å²) in [4.78, 5) is 25.1. The molecule has 10 heteroatoms. The molecule has 3 N–H and O–H groups in total. The second-order valence-corrected chi connectivity index (χ2v) is 10.8. The van der Waals surface area contributed by atoms with Gasteiger partial charge in [-0.25, -0.2) is 4.79 Å². The maximum atomic E-state index is 12.7. The number of nitrogens with one attached hydrogen (secondary N) is 1. The summed E-state index contributed by atoms with van der Waals surface area (Å²) in [6.45, 7) is 11.3. The van der Waals surface area contributed by atoms with Gasteiger partial charge in [0.15, 0.2) is 12.6 Å². The zero-order valence-electron chi connectivity index (χ0n) is 24.9. The number of benzene rings is 3. The number of carbonyl (C=O) groups is 2. The molecule has 228 valence electrons. The molecule has 10 nitrogen and oxygen atoms in total. The van der Waals surface area contributed by atoms with Gasteiger partial charge in [0.05, 0.1) is 23.5 Å². The number of hydrogen-bond acceptors (Lipinski definition) is 9. The quantitative estimate of drug-likeness (QED) is 0.0814. The van der Waals surface area contributed by atoms with E-state index in [9.17, 15) is 19.8 Å². The van der Waals surface area contributed by atoms with E-state index >= 15 is 0 Å². The Morgan fingerprint density at radius 3 is 2.02 bits per heavy atom. The molecule has 0 aliphatic rings. The van der Waals surface area contributed by atoms with Crippen molar-refractivity contribution in [3.8, 4) is 0 Å². The van der Waals surface area contributed by atoms with E-state index in [1.54, 1.807) is 38.1 Å². The number of amides is 1. The maximum absolute atomic E-state index is 12.7. The van der Waals surface area contributed by atoms with Gasteiger partial charge in [0.25, 0.3) is 5.91 Å². The molecule has 0 aliphatic carbocycles. The molecule has 0 saturated heterocycles. The third kappa shape index (κ3) is 9.79. The normalized spacial score (nSPS) is 14.6. The minimum absolute atomic E-state index is 0.0521. The van der Waals surface area contributed by atoms with Gasteiger partial charge in [0.1, 0.15) is 6.61 Å². The van der Waals surface area contributed by atoms with Crippen LogP contribution in [0.15, 0.2) is 89.1 Å². The number of aliphatic hydroxyl groups is 2. The van der Waals surface area contributed by atoms with E-state index in [1.807, 2.05) is 37.3 Å². The summed E-state index contributed by atoms with van der Waals surface area (Å²) in [5.41, 5.74) is 0.698. The molecule has 2 radical (unpaired) electrons. The number of ether oxygens (including phenoxy) is 3. The number of esters is 1. The van der Waals surface area contributed by atoms with E-state index in [1.165, 1.54) is 31.4 Å². The molecule has 0 heterocycles. The predicted molar refractivity (Wildman–Crippen MR) is 162 cm³/mol. The lowest BCUT2D eigenvalue weighted by Crippen LogP contribution is -2.43. The zero-order valence-corrected chi connectivity index (χ0v) is 24.9. The molecule has 3 aromatic carbocycles. The lowest BCUT2D eigenvalue weighted by molar-refractivity contribution is -0.204. The predicted octanol–water partition coefficient (Wildman–Crippen LogP) is 6.33. The van der Waals surface area contributed by atoms with Gasteiger partial charge in [-0.3, -0.25) is 4.79 Å². The van der Waals surface area contributed by atoms with Gasteiger partial charge in [0, 0.05) is 29.2 Å². The van der Waals surface area contributed by atoms with Crippen molar-refractivity contribution < 1.29 is 34.0 Å². The average Bonchev–Trinajstić information content (AvgIpc) is 3.02. The molecule has 1 amide bonds. The van der Waals surface area contributed by atoms with E-state index in [4.69, 9.17) is 21.1 Å². The average molecular weight is 590 g/mol. The summed E-state index contributed by atoms with van der Waals surface area (Å²) in [5, 5.41) is 31.8. The third-order valence-electron chi connectivity index (χ3n) is 7.11. The monoisotopic (exact) mass is 589 g/mol. The molecule has 0 aliphatic heterocycles. The van der Waals surface area contributed by atoms with E-state index in [-0.39, 0.29) is 31.1 Å². The first-order valence-electron chi connectivity index (χ1n) is 13.9. The van der Waals surface area contributed by atoms with Gasteiger partial charge >= 0.3 is 5.97 Å². The van der Waals surface area contributed by atoms with Crippen LogP contribution < -0.4 is 5.32 Å². The number of aliphatic hydroxyl groups excluding tert-OH is 2. The standard InChI is InChI=1S/C33H39N3O7/c1-6-33(4,22-32(2,3)30(39)41-5)31(40)43-21-20-42-29(38)24-14-12-23(13-15-24)28(37)34-25-16-18-27(19-17-25)36-35-26-10-8-7-9-11-26/h2,7-19,30-31,39-40H,6,20-22H2,1,3-5H3,(H,34,37). The first-order chi connectivity index (χ1) is 20.5. The fourth-order valence-corrected chi connectivity index (χ4v) is 4.37. The Morgan fingerprint density at radius 2 is 1.44 bits per heavy atom. The number of nitrogens with zero attached hydrogens (tertiary/aromatic N) is 2. The van der Waals surface area contributed by atoms with Crippen molar-refractivity contribution in [3.05, 3.63) is 96.9 Å². The molecule has 0 spiro atoms. The van der Waals surface area contributed by atoms with Crippen LogP contribution in [0.1, 0.15) is 54.3 Å². The van der Waals surface area contributed by atoms with Crippen molar-refractivity contribution >= 4 is 28.9 Å². The van der Waals surface area contributed by atoms with Gasteiger partial charge in [-0.05, 0) is 80.4 Å². The zero-order chi connectivity index (χ0) is 31.5. The Morgan fingerprint density at radius 1 is 0.860 bits per heavy atom. The molecule has 0 aromatic heterocycles.